The van der Waals surface area contributed by atoms with Crippen LogP contribution in [0.4, 0.5) is 0 Å². The topological polar surface area (TPSA) is 26.3 Å². The molecule has 0 saturated carbocycles. The van der Waals surface area contributed by atoms with E-state index in [9.17, 15) is 4.79 Å². The molecule has 102 valence electrons. The Morgan fingerprint density at radius 3 is 2.67 bits per heavy atom. The molecule has 0 amide bonds. The maximum atomic E-state index is 11.3. The Kier molecular flexibility index (Phi) is 12.8. The van der Waals surface area contributed by atoms with Crippen molar-refractivity contribution in [1.82, 2.24) is 0 Å². The Morgan fingerprint density at radius 2 is 1.94 bits per heavy atom. The number of hydrogen-bond acceptors (Lipinski definition) is 2. The second-order valence-corrected chi connectivity index (χ2v) is 4.21. The lowest BCUT2D eigenvalue weighted by Gasteiger charge is -2.01. The molecule has 0 N–H and O–H groups in total. The van der Waals surface area contributed by atoms with Gasteiger partial charge in [-0.1, -0.05) is 56.7 Å². The summed E-state index contributed by atoms with van der Waals surface area (Å²) in [7, 11) is 0. The van der Waals surface area contributed by atoms with Gasteiger partial charge in [0.1, 0.15) is 6.61 Å². The lowest BCUT2D eigenvalue weighted by atomic mass is 10.1. The summed E-state index contributed by atoms with van der Waals surface area (Å²) < 4.78 is 5.08. The van der Waals surface area contributed by atoms with Crippen LogP contribution in [0.3, 0.4) is 0 Å². The van der Waals surface area contributed by atoms with E-state index in [1.54, 1.807) is 6.08 Å². The van der Waals surface area contributed by atoms with Crippen molar-refractivity contribution in [1.29, 1.82) is 0 Å². The Hall–Kier alpha value is -1.31. The molecule has 0 rings (SSSR count). The maximum Gasteiger partial charge on any atom is 0.306 e. The van der Waals surface area contributed by atoms with Crippen LogP contribution in [-0.2, 0) is 9.53 Å². The fourth-order valence-corrected chi connectivity index (χ4v) is 1.47. The molecule has 0 atom stereocenters. The first-order valence-corrected chi connectivity index (χ1v) is 6.89. The van der Waals surface area contributed by atoms with Crippen molar-refractivity contribution in [2.24, 2.45) is 0 Å². The molecule has 2 heteroatoms. The Labute approximate surface area is 111 Å². The molecule has 18 heavy (non-hydrogen) atoms. The van der Waals surface area contributed by atoms with Gasteiger partial charge in [-0.25, -0.2) is 0 Å². The first-order chi connectivity index (χ1) is 8.81. The van der Waals surface area contributed by atoms with Gasteiger partial charge in [-0.15, -0.1) is 0 Å². The molecule has 0 spiro atoms. The van der Waals surface area contributed by atoms with Gasteiger partial charge in [0, 0.05) is 6.42 Å². The number of rotatable bonds is 11. The van der Waals surface area contributed by atoms with Crippen molar-refractivity contribution in [2.75, 3.05) is 6.61 Å². The van der Waals surface area contributed by atoms with Crippen LogP contribution in [0.5, 0.6) is 0 Å². The zero-order chi connectivity index (χ0) is 13.5. The van der Waals surface area contributed by atoms with Crippen LogP contribution >= 0.6 is 0 Å². The average molecular weight is 250 g/mol. The molecular formula is C16H26O2. The Bertz CT molecular complexity index is 264. The van der Waals surface area contributed by atoms with E-state index in [1.807, 2.05) is 12.2 Å². The van der Waals surface area contributed by atoms with Gasteiger partial charge in [0.2, 0.25) is 0 Å². The van der Waals surface area contributed by atoms with Gasteiger partial charge in [0.05, 0.1) is 0 Å². The first kappa shape index (κ1) is 16.7. The Morgan fingerprint density at radius 1 is 1.11 bits per heavy atom. The van der Waals surface area contributed by atoms with Crippen LogP contribution in [0.1, 0.15) is 51.9 Å². The van der Waals surface area contributed by atoms with Crippen LogP contribution < -0.4 is 0 Å². The van der Waals surface area contributed by atoms with Crippen molar-refractivity contribution < 1.29 is 9.53 Å². The number of carbonyl (C=O) groups excluding carboxylic acids is 1. The minimum Gasteiger partial charge on any atom is -0.461 e. The third-order valence-corrected chi connectivity index (χ3v) is 2.49. The monoisotopic (exact) mass is 250 g/mol. The third kappa shape index (κ3) is 12.8. The Balaban J connectivity index is 3.31. The van der Waals surface area contributed by atoms with Gasteiger partial charge in [-0.05, 0) is 25.7 Å². The lowest BCUT2D eigenvalue weighted by Crippen LogP contribution is -2.03. The van der Waals surface area contributed by atoms with Gasteiger partial charge in [0.25, 0.3) is 0 Å². The molecule has 0 radical (unpaired) electrons. The van der Waals surface area contributed by atoms with Gasteiger partial charge < -0.3 is 4.74 Å². The molecule has 0 bridgehead atoms. The van der Waals surface area contributed by atoms with Gasteiger partial charge in [0.15, 0.2) is 0 Å². The van der Waals surface area contributed by atoms with Crippen molar-refractivity contribution in [3.8, 4) is 0 Å². The zero-order valence-electron chi connectivity index (χ0n) is 11.6. The van der Waals surface area contributed by atoms with E-state index in [1.165, 1.54) is 0 Å². The number of carbonyl (C=O) groups is 1. The van der Waals surface area contributed by atoms with Gasteiger partial charge >= 0.3 is 5.97 Å². The summed E-state index contributed by atoms with van der Waals surface area (Å²) in [6.45, 7) is 6.15. The number of ether oxygens (including phenoxy) is 1. The summed E-state index contributed by atoms with van der Waals surface area (Å²) in [5.74, 6) is -0.0854. The second kappa shape index (κ2) is 13.8. The quantitative estimate of drug-likeness (QED) is 0.232. The average Bonchev–Trinajstić information content (AvgIpc) is 2.37. The van der Waals surface area contributed by atoms with E-state index in [0.717, 1.165) is 38.5 Å². The molecule has 2 nitrogen and oxygen atoms in total. The highest BCUT2D eigenvalue weighted by molar-refractivity contribution is 5.69. The lowest BCUT2D eigenvalue weighted by molar-refractivity contribution is -0.142. The van der Waals surface area contributed by atoms with Crippen molar-refractivity contribution >= 4 is 5.97 Å². The molecule has 0 aromatic carbocycles. The highest BCUT2D eigenvalue weighted by Crippen LogP contribution is 2.04. The van der Waals surface area contributed by atoms with E-state index in [-0.39, 0.29) is 5.97 Å². The minimum absolute atomic E-state index is 0.0854. The second-order valence-electron chi connectivity index (χ2n) is 4.21. The number of allylic oxidation sites excluding steroid dienone is 4. The minimum atomic E-state index is -0.0854. The SMILES string of the molecule is C=C/C=C/CCCCCC(=O)OC/C=C/CCC. The van der Waals surface area contributed by atoms with Crippen LogP contribution in [0.25, 0.3) is 0 Å². The molecule has 0 aromatic heterocycles. The highest BCUT2D eigenvalue weighted by Gasteiger charge is 2.00. The van der Waals surface area contributed by atoms with Crippen LogP contribution in [0, 0.1) is 0 Å². The van der Waals surface area contributed by atoms with E-state index < -0.39 is 0 Å². The van der Waals surface area contributed by atoms with Crippen LogP contribution in [0.15, 0.2) is 37.0 Å². The molecule has 0 heterocycles. The van der Waals surface area contributed by atoms with Crippen molar-refractivity contribution in [3.05, 3.63) is 37.0 Å². The summed E-state index contributed by atoms with van der Waals surface area (Å²) in [5.41, 5.74) is 0. The molecule has 0 fully saturated rings. The standard InChI is InChI=1S/C16H26O2/c1-3-5-7-9-10-11-12-14-16(17)18-15-13-8-6-4-2/h3,5,7-8,13H,1,4,6,9-12,14-15H2,2H3/b7-5+,13-8+. The summed E-state index contributed by atoms with van der Waals surface area (Å²) in [6.07, 6.45) is 16.7. The molecule has 0 aromatic rings. The summed E-state index contributed by atoms with van der Waals surface area (Å²) in [6, 6.07) is 0. The van der Waals surface area contributed by atoms with E-state index in [4.69, 9.17) is 4.74 Å². The fraction of sp³-hybridized carbons (Fsp3) is 0.562. The molecule has 0 aliphatic heterocycles. The van der Waals surface area contributed by atoms with E-state index in [0.29, 0.717) is 13.0 Å². The summed E-state index contributed by atoms with van der Waals surface area (Å²) in [4.78, 5) is 11.3. The zero-order valence-corrected chi connectivity index (χ0v) is 11.6. The van der Waals surface area contributed by atoms with Crippen molar-refractivity contribution in [3.63, 3.8) is 0 Å². The number of hydrogen-bond donors (Lipinski definition) is 0. The predicted molar refractivity (Wildman–Crippen MR) is 77.4 cm³/mol. The summed E-state index contributed by atoms with van der Waals surface area (Å²) >= 11 is 0. The molecule has 0 aliphatic carbocycles. The van der Waals surface area contributed by atoms with Crippen molar-refractivity contribution in [2.45, 2.75) is 51.9 Å². The van der Waals surface area contributed by atoms with Gasteiger partial charge in [-0.2, -0.15) is 0 Å². The maximum absolute atomic E-state index is 11.3. The fourth-order valence-electron chi connectivity index (χ4n) is 1.47. The highest BCUT2D eigenvalue weighted by atomic mass is 16.5. The third-order valence-electron chi connectivity index (χ3n) is 2.49. The normalized spacial score (nSPS) is 11.2. The first-order valence-electron chi connectivity index (χ1n) is 6.89. The predicted octanol–water partition coefficient (Wildman–Crippen LogP) is 4.58. The molecule has 0 aliphatic rings. The molecule has 0 unspecified atom stereocenters. The largest absolute Gasteiger partial charge is 0.461 e. The number of esters is 1. The van der Waals surface area contributed by atoms with Crippen LogP contribution in [-0.4, -0.2) is 12.6 Å². The number of unbranched alkanes of at least 4 members (excludes halogenated alkanes) is 4. The smallest absolute Gasteiger partial charge is 0.306 e. The van der Waals surface area contributed by atoms with E-state index >= 15 is 0 Å². The molecular weight excluding hydrogens is 224 g/mol. The van der Waals surface area contributed by atoms with E-state index in [2.05, 4.69) is 25.7 Å². The summed E-state index contributed by atoms with van der Waals surface area (Å²) in [5, 5.41) is 0. The molecule has 0 saturated heterocycles. The van der Waals surface area contributed by atoms with Gasteiger partial charge in [-0.3, -0.25) is 4.79 Å². The van der Waals surface area contributed by atoms with Crippen LogP contribution in [0.2, 0.25) is 0 Å².